The van der Waals surface area contributed by atoms with E-state index in [1.54, 1.807) is 12.1 Å². The topological polar surface area (TPSA) is 67.6 Å². The van der Waals surface area contributed by atoms with E-state index in [2.05, 4.69) is 31.1 Å². The number of benzene rings is 1. The van der Waals surface area contributed by atoms with E-state index >= 15 is 0 Å². The molecule has 0 saturated heterocycles. The summed E-state index contributed by atoms with van der Waals surface area (Å²) in [6, 6.07) is 4.95. The second-order valence-corrected chi connectivity index (χ2v) is 4.89. The van der Waals surface area contributed by atoms with Crippen LogP contribution in [0.2, 0.25) is 0 Å². The van der Waals surface area contributed by atoms with E-state index in [0.717, 1.165) is 4.47 Å². The van der Waals surface area contributed by atoms with Gasteiger partial charge in [-0.25, -0.2) is 9.49 Å². The number of hydrogen-bond acceptors (Lipinski definition) is 4. The third kappa shape index (κ3) is 2.73. The third-order valence-corrected chi connectivity index (χ3v) is 3.24. The molecule has 3 N–H and O–H groups in total. The van der Waals surface area contributed by atoms with Gasteiger partial charge in [0.1, 0.15) is 5.82 Å². The lowest BCUT2D eigenvalue weighted by Crippen LogP contribution is -1.88. The summed E-state index contributed by atoms with van der Waals surface area (Å²) in [7, 11) is 0. The van der Waals surface area contributed by atoms with Gasteiger partial charge >= 0.3 is 0 Å². The number of thioether (sulfide) groups is 1. The summed E-state index contributed by atoms with van der Waals surface area (Å²) in [6.07, 6.45) is 0. The number of nitrogen functional groups attached to an aromatic ring is 1. The van der Waals surface area contributed by atoms with E-state index in [1.165, 1.54) is 17.8 Å². The molecular formula is C9H8BrFN4S. The minimum atomic E-state index is -0.245. The zero-order valence-electron chi connectivity index (χ0n) is 8.08. The van der Waals surface area contributed by atoms with Crippen LogP contribution in [0.1, 0.15) is 5.56 Å². The summed E-state index contributed by atoms with van der Waals surface area (Å²) in [6.45, 7) is 0. The second-order valence-electron chi connectivity index (χ2n) is 3.03. The lowest BCUT2D eigenvalue weighted by atomic mass is 10.2. The van der Waals surface area contributed by atoms with Crippen LogP contribution in [-0.4, -0.2) is 15.2 Å². The highest BCUT2D eigenvalue weighted by Gasteiger charge is 2.06. The Balaban J connectivity index is 2.04. The molecule has 2 aromatic rings. The summed E-state index contributed by atoms with van der Waals surface area (Å²) >= 11 is 4.53. The quantitative estimate of drug-likeness (QED) is 0.855. The summed E-state index contributed by atoms with van der Waals surface area (Å²) in [5.41, 5.74) is 5.98. The zero-order chi connectivity index (χ0) is 11.5. The number of rotatable bonds is 3. The van der Waals surface area contributed by atoms with Crippen LogP contribution < -0.4 is 5.73 Å². The SMILES string of the molecule is Nc1nc(SCc2ccc(Br)cc2F)n[nH]1. The molecular weight excluding hydrogens is 295 g/mol. The van der Waals surface area contributed by atoms with E-state index in [4.69, 9.17) is 5.73 Å². The molecule has 4 nitrogen and oxygen atoms in total. The zero-order valence-corrected chi connectivity index (χ0v) is 10.5. The minimum absolute atomic E-state index is 0.245. The monoisotopic (exact) mass is 302 g/mol. The molecule has 0 aliphatic carbocycles. The molecule has 16 heavy (non-hydrogen) atoms. The number of aromatic amines is 1. The van der Waals surface area contributed by atoms with Gasteiger partial charge < -0.3 is 5.73 Å². The molecule has 0 amide bonds. The van der Waals surface area contributed by atoms with E-state index < -0.39 is 0 Å². The van der Waals surface area contributed by atoms with E-state index in [9.17, 15) is 4.39 Å². The van der Waals surface area contributed by atoms with Gasteiger partial charge in [-0.2, -0.15) is 4.98 Å². The van der Waals surface area contributed by atoms with E-state index in [1.807, 2.05) is 0 Å². The average Bonchev–Trinajstić information content (AvgIpc) is 2.63. The molecule has 0 bridgehead atoms. The maximum absolute atomic E-state index is 13.4. The Morgan fingerprint density at radius 2 is 2.31 bits per heavy atom. The fraction of sp³-hybridized carbons (Fsp3) is 0.111. The van der Waals surface area contributed by atoms with Crippen LogP contribution in [0.4, 0.5) is 10.3 Å². The van der Waals surface area contributed by atoms with Crippen LogP contribution >= 0.6 is 27.7 Å². The molecule has 0 aliphatic heterocycles. The standard InChI is InChI=1S/C9H8BrFN4S/c10-6-2-1-5(7(11)3-6)4-16-9-13-8(12)14-15-9/h1-3H,4H2,(H3,12,13,14,15). The lowest BCUT2D eigenvalue weighted by Gasteiger charge is -2.01. The summed E-state index contributed by atoms with van der Waals surface area (Å²) in [4.78, 5) is 3.92. The van der Waals surface area contributed by atoms with Crippen molar-refractivity contribution in [1.29, 1.82) is 0 Å². The fourth-order valence-electron chi connectivity index (χ4n) is 1.10. The Bertz CT molecular complexity index is 502. The molecule has 0 spiro atoms. The molecule has 1 aromatic heterocycles. The van der Waals surface area contributed by atoms with Crippen molar-refractivity contribution in [1.82, 2.24) is 15.2 Å². The highest BCUT2D eigenvalue weighted by atomic mass is 79.9. The Morgan fingerprint density at radius 1 is 1.50 bits per heavy atom. The average molecular weight is 303 g/mol. The van der Waals surface area contributed by atoms with Crippen molar-refractivity contribution in [3.05, 3.63) is 34.1 Å². The number of hydrogen-bond donors (Lipinski definition) is 2. The largest absolute Gasteiger partial charge is 0.368 e. The molecule has 0 atom stereocenters. The molecule has 0 aliphatic rings. The number of nitrogens with two attached hydrogens (primary N) is 1. The first kappa shape index (κ1) is 11.4. The predicted molar refractivity (Wildman–Crippen MR) is 64.5 cm³/mol. The van der Waals surface area contributed by atoms with Crippen LogP contribution in [0.15, 0.2) is 27.8 Å². The Hall–Kier alpha value is -1.08. The van der Waals surface area contributed by atoms with E-state index in [0.29, 0.717) is 16.5 Å². The number of nitrogens with zero attached hydrogens (tertiary/aromatic N) is 2. The van der Waals surface area contributed by atoms with Crippen molar-refractivity contribution in [3.63, 3.8) is 0 Å². The first-order valence-corrected chi connectivity index (χ1v) is 6.17. The van der Waals surface area contributed by atoms with Gasteiger partial charge in [-0.1, -0.05) is 33.8 Å². The Labute approximate surface area is 104 Å². The smallest absolute Gasteiger partial charge is 0.216 e. The number of H-pyrrole nitrogens is 1. The third-order valence-electron chi connectivity index (χ3n) is 1.85. The number of nitrogens with one attached hydrogen (secondary N) is 1. The van der Waals surface area contributed by atoms with Crippen molar-refractivity contribution < 1.29 is 4.39 Å². The van der Waals surface area contributed by atoms with Crippen molar-refractivity contribution in [2.45, 2.75) is 10.9 Å². The number of aromatic nitrogens is 3. The maximum atomic E-state index is 13.4. The van der Waals surface area contributed by atoms with Crippen LogP contribution in [0, 0.1) is 5.82 Å². The summed E-state index contributed by atoms with van der Waals surface area (Å²) in [5.74, 6) is 0.486. The lowest BCUT2D eigenvalue weighted by molar-refractivity contribution is 0.616. The van der Waals surface area contributed by atoms with Crippen molar-refractivity contribution in [2.24, 2.45) is 0 Å². The van der Waals surface area contributed by atoms with Gasteiger partial charge in [0.2, 0.25) is 11.1 Å². The summed E-state index contributed by atoms with van der Waals surface area (Å²) < 4.78 is 14.2. The van der Waals surface area contributed by atoms with Gasteiger partial charge in [-0.3, -0.25) is 0 Å². The molecule has 7 heteroatoms. The fourth-order valence-corrected chi connectivity index (χ4v) is 2.23. The van der Waals surface area contributed by atoms with Gasteiger partial charge in [0, 0.05) is 10.2 Å². The molecule has 0 radical (unpaired) electrons. The maximum Gasteiger partial charge on any atom is 0.216 e. The molecule has 1 aromatic carbocycles. The molecule has 84 valence electrons. The highest BCUT2D eigenvalue weighted by Crippen LogP contribution is 2.23. The number of anilines is 1. The first-order chi connectivity index (χ1) is 7.65. The van der Waals surface area contributed by atoms with Gasteiger partial charge in [-0.05, 0) is 17.7 Å². The van der Waals surface area contributed by atoms with Crippen molar-refractivity contribution >= 4 is 33.6 Å². The molecule has 0 unspecified atom stereocenters. The second kappa shape index (κ2) is 4.84. The highest BCUT2D eigenvalue weighted by molar-refractivity contribution is 9.10. The van der Waals surface area contributed by atoms with Crippen molar-refractivity contribution in [2.75, 3.05) is 5.73 Å². The van der Waals surface area contributed by atoms with Crippen LogP contribution in [0.3, 0.4) is 0 Å². The Morgan fingerprint density at radius 3 is 2.94 bits per heavy atom. The molecule has 0 fully saturated rings. The van der Waals surface area contributed by atoms with Crippen LogP contribution in [0.25, 0.3) is 0 Å². The normalized spacial score (nSPS) is 10.6. The van der Waals surface area contributed by atoms with Gasteiger partial charge in [0.05, 0.1) is 0 Å². The van der Waals surface area contributed by atoms with E-state index in [-0.39, 0.29) is 11.8 Å². The van der Waals surface area contributed by atoms with Crippen molar-refractivity contribution in [3.8, 4) is 0 Å². The molecule has 0 saturated carbocycles. The predicted octanol–water partition coefficient (Wildman–Crippen LogP) is 2.58. The van der Waals surface area contributed by atoms with Crippen LogP contribution in [0.5, 0.6) is 0 Å². The van der Waals surface area contributed by atoms with Gasteiger partial charge in [0.25, 0.3) is 0 Å². The molecule has 1 heterocycles. The van der Waals surface area contributed by atoms with Crippen LogP contribution in [-0.2, 0) is 5.75 Å². The minimum Gasteiger partial charge on any atom is -0.368 e. The Kier molecular flexibility index (Phi) is 3.45. The van der Waals surface area contributed by atoms with Gasteiger partial charge in [0.15, 0.2) is 0 Å². The molecule has 2 rings (SSSR count). The first-order valence-electron chi connectivity index (χ1n) is 4.40. The van der Waals surface area contributed by atoms with Gasteiger partial charge in [-0.15, -0.1) is 5.10 Å². The summed E-state index contributed by atoms with van der Waals surface area (Å²) in [5, 5.41) is 6.89. The number of halogens is 2.